The normalized spacial score (nSPS) is 11.8. The standard InChI is InChI=1S/C7H2BrCl2F3/c8-4-2-6(10)5(9)1-3(4)7(11,12)13/h1-2H. The van der Waals surface area contributed by atoms with Crippen LogP contribution in [-0.2, 0) is 6.18 Å². The summed E-state index contributed by atoms with van der Waals surface area (Å²) in [6, 6.07) is 1.90. The lowest BCUT2D eigenvalue weighted by Crippen LogP contribution is -2.05. The third-order valence-electron chi connectivity index (χ3n) is 1.32. The quantitative estimate of drug-likeness (QED) is 0.604. The van der Waals surface area contributed by atoms with Crippen LogP contribution in [0.25, 0.3) is 0 Å². The van der Waals surface area contributed by atoms with Crippen LogP contribution in [0.3, 0.4) is 0 Å². The zero-order chi connectivity index (χ0) is 10.2. The third kappa shape index (κ3) is 2.51. The monoisotopic (exact) mass is 292 g/mol. The summed E-state index contributed by atoms with van der Waals surface area (Å²) in [6.45, 7) is 0. The van der Waals surface area contributed by atoms with Gasteiger partial charge in [0.15, 0.2) is 0 Å². The Morgan fingerprint density at radius 1 is 1.08 bits per heavy atom. The van der Waals surface area contributed by atoms with E-state index in [4.69, 9.17) is 23.2 Å². The van der Waals surface area contributed by atoms with E-state index >= 15 is 0 Å². The van der Waals surface area contributed by atoms with Crippen LogP contribution in [0, 0.1) is 0 Å². The van der Waals surface area contributed by atoms with E-state index in [-0.39, 0.29) is 14.5 Å². The number of hydrogen-bond donors (Lipinski definition) is 0. The van der Waals surface area contributed by atoms with Gasteiger partial charge >= 0.3 is 6.18 Å². The van der Waals surface area contributed by atoms with Gasteiger partial charge in [0, 0.05) is 4.47 Å². The summed E-state index contributed by atoms with van der Waals surface area (Å²) < 4.78 is 36.6. The van der Waals surface area contributed by atoms with E-state index in [1.807, 2.05) is 0 Å². The predicted molar refractivity (Wildman–Crippen MR) is 49.2 cm³/mol. The molecule has 0 nitrogen and oxygen atoms in total. The van der Waals surface area contributed by atoms with Crippen LogP contribution >= 0.6 is 39.1 Å². The predicted octanol–water partition coefficient (Wildman–Crippen LogP) is 4.77. The smallest absolute Gasteiger partial charge is 0.166 e. The third-order valence-corrected chi connectivity index (χ3v) is 2.69. The number of alkyl halides is 3. The maximum atomic E-state index is 12.2. The molecule has 0 aromatic heterocycles. The molecule has 0 N–H and O–H groups in total. The molecule has 72 valence electrons. The van der Waals surface area contributed by atoms with Crippen molar-refractivity contribution in [2.24, 2.45) is 0 Å². The second-order valence-electron chi connectivity index (χ2n) is 2.24. The molecule has 1 aromatic carbocycles. The Kier molecular flexibility index (Phi) is 3.15. The Balaban J connectivity index is 3.32. The maximum Gasteiger partial charge on any atom is 0.417 e. The molecule has 0 amide bonds. The van der Waals surface area contributed by atoms with Crippen molar-refractivity contribution in [1.29, 1.82) is 0 Å². The van der Waals surface area contributed by atoms with Crippen molar-refractivity contribution in [2.75, 3.05) is 0 Å². The van der Waals surface area contributed by atoms with Crippen molar-refractivity contribution in [1.82, 2.24) is 0 Å². The Morgan fingerprint density at radius 3 is 2.00 bits per heavy atom. The van der Waals surface area contributed by atoms with E-state index < -0.39 is 11.7 Å². The molecule has 1 rings (SSSR count). The summed E-state index contributed by atoms with van der Waals surface area (Å²) in [5.41, 5.74) is -0.832. The molecule has 0 aliphatic carbocycles. The molecule has 13 heavy (non-hydrogen) atoms. The number of rotatable bonds is 0. The molecule has 0 unspecified atom stereocenters. The van der Waals surface area contributed by atoms with Gasteiger partial charge in [-0.1, -0.05) is 39.1 Å². The first-order valence-electron chi connectivity index (χ1n) is 3.04. The molecule has 0 bridgehead atoms. The van der Waals surface area contributed by atoms with Gasteiger partial charge in [-0.05, 0) is 12.1 Å². The minimum atomic E-state index is -4.42. The molecular weight excluding hydrogens is 292 g/mol. The highest BCUT2D eigenvalue weighted by atomic mass is 79.9. The lowest BCUT2D eigenvalue weighted by molar-refractivity contribution is -0.138. The molecule has 1 aromatic rings. The number of halogens is 6. The Hall–Kier alpha value is 0.0700. The highest BCUT2D eigenvalue weighted by Crippen LogP contribution is 2.38. The molecule has 6 heteroatoms. The van der Waals surface area contributed by atoms with Crippen LogP contribution in [0.1, 0.15) is 5.56 Å². The van der Waals surface area contributed by atoms with E-state index in [1.165, 1.54) is 0 Å². The first-order valence-corrected chi connectivity index (χ1v) is 4.59. The molecule has 0 saturated heterocycles. The van der Waals surface area contributed by atoms with Gasteiger partial charge in [0.05, 0.1) is 15.6 Å². The van der Waals surface area contributed by atoms with Crippen LogP contribution in [-0.4, -0.2) is 0 Å². The fourth-order valence-electron chi connectivity index (χ4n) is 0.740. The van der Waals surface area contributed by atoms with Crippen LogP contribution < -0.4 is 0 Å². The SMILES string of the molecule is FC(F)(F)c1cc(Cl)c(Cl)cc1Br. The van der Waals surface area contributed by atoms with Gasteiger partial charge in [-0.2, -0.15) is 13.2 Å². The Bertz CT molecular complexity index is 335. The first kappa shape index (κ1) is 11.1. The summed E-state index contributed by atoms with van der Waals surface area (Å²) in [5, 5.41) is -0.0290. The number of hydrogen-bond acceptors (Lipinski definition) is 0. The van der Waals surface area contributed by atoms with E-state index in [0.717, 1.165) is 12.1 Å². The van der Waals surface area contributed by atoms with Crippen molar-refractivity contribution in [2.45, 2.75) is 6.18 Å². The van der Waals surface area contributed by atoms with Crippen LogP contribution in [0.4, 0.5) is 13.2 Å². The van der Waals surface area contributed by atoms with Gasteiger partial charge in [-0.15, -0.1) is 0 Å². The lowest BCUT2D eigenvalue weighted by atomic mass is 10.2. The van der Waals surface area contributed by atoms with Crippen molar-refractivity contribution >= 4 is 39.1 Å². The summed E-state index contributed by atoms with van der Waals surface area (Å²) in [6.07, 6.45) is -4.42. The molecule has 0 atom stereocenters. The van der Waals surface area contributed by atoms with E-state index in [9.17, 15) is 13.2 Å². The maximum absolute atomic E-state index is 12.2. The molecule has 0 heterocycles. The van der Waals surface area contributed by atoms with Crippen molar-refractivity contribution in [3.8, 4) is 0 Å². The summed E-state index contributed by atoms with van der Waals surface area (Å²) >= 11 is 13.7. The van der Waals surface area contributed by atoms with Gasteiger partial charge in [0.2, 0.25) is 0 Å². The molecule has 0 saturated carbocycles. The van der Waals surface area contributed by atoms with Crippen LogP contribution in [0.2, 0.25) is 10.0 Å². The van der Waals surface area contributed by atoms with E-state index in [2.05, 4.69) is 15.9 Å². The zero-order valence-corrected chi connectivity index (χ0v) is 9.02. The zero-order valence-electron chi connectivity index (χ0n) is 5.92. The largest absolute Gasteiger partial charge is 0.417 e. The molecule has 0 radical (unpaired) electrons. The van der Waals surface area contributed by atoms with Gasteiger partial charge in [0.25, 0.3) is 0 Å². The van der Waals surface area contributed by atoms with Crippen LogP contribution in [0.5, 0.6) is 0 Å². The number of benzene rings is 1. The van der Waals surface area contributed by atoms with Crippen molar-refractivity contribution in [3.63, 3.8) is 0 Å². The van der Waals surface area contributed by atoms with Crippen molar-refractivity contribution in [3.05, 3.63) is 32.2 Å². The van der Waals surface area contributed by atoms with Crippen molar-refractivity contribution < 1.29 is 13.2 Å². The molecule has 0 fully saturated rings. The van der Waals surface area contributed by atoms with E-state index in [0.29, 0.717) is 0 Å². The fraction of sp³-hybridized carbons (Fsp3) is 0.143. The molecule has 0 aliphatic rings. The van der Waals surface area contributed by atoms with Gasteiger partial charge < -0.3 is 0 Å². The average Bonchev–Trinajstić information content (AvgIpc) is 1.94. The second-order valence-corrected chi connectivity index (χ2v) is 3.91. The molecule has 0 spiro atoms. The topological polar surface area (TPSA) is 0 Å². The summed E-state index contributed by atoms with van der Waals surface area (Å²) in [5.74, 6) is 0. The average molecular weight is 294 g/mol. The molecular formula is C7H2BrCl2F3. The molecule has 0 aliphatic heterocycles. The minimum Gasteiger partial charge on any atom is -0.166 e. The summed E-state index contributed by atoms with van der Waals surface area (Å²) in [4.78, 5) is 0. The Labute approximate surface area is 90.8 Å². The second kappa shape index (κ2) is 3.67. The lowest BCUT2D eigenvalue weighted by Gasteiger charge is -2.09. The highest BCUT2D eigenvalue weighted by Gasteiger charge is 2.33. The first-order chi connectivity index (χ1) is 5.82. The van der Waals surface area contributed by atoms with Crippen LogP contribution in [0.15, 0.2) is 16.6 Å². The summed E-state index contributed by atoms with van der Waals surface area (Å²) in [7, 11) is 0. The van der Waals surface area contributed by atoms with Gasteiger partial charge in [-0.25, -0.2) is 0 Å². The minimum absolute atomic E-state index is 0.0848. The highest BCUT2D eigenvalue weighted by molar-refractivity contribution is 9.10. The van der Waals surface area contributed by atoms with Gasteiger partial charge in [-0.3, -0.25) is 0 Å². The van der Waals surface area contributed by atoms with E-state index in [1.54, 1.807) is 0 Å². The fourth-order valence-corrected chi connectivity index (χ4v) is 1.77. The Morgan fingerprint density at radius 2 is 1.54 bits per heavy atom. The van der Waals surface area contributed by atoms with Gasteiger partial charge in [0.1, 0.15) is 0 Å².